The highest BCUT2D eigenvalue weighted by atomic mass is 32.1. The molecular formula is C18H21FN2O3S. The van der Waals surface area contributed by atoms with Gasteiger partial charge in [-0.1, -0.05) is 19.1 Å². The molecule has 1 amide bonds. The quantitative estimate of drug-likeness (QED) is 0.673. The van der Waals surface area contributed by atoms with Crippen molar-refractivity contribution >= 4 is 23.2 Å². The molecule has 0 radical (unpaired) electrons. The number of carbonyl (C=O) groups is 2. The molecule has 2 rings (SSSR count). The minimum absolute atomic E-state index is 0.0543. The van der Waals surface area contributed by atoms with Gasteiger partial charge in [0.1, 0.15) is 10.8 Å². The summed E-state index contributed by atoms with van der Waals surface area (Å²) in [5.74, 6) is -0.832. The molecule has 0 N–H and O–H groups in total. The zero-order chi connectivity index (χ0) is 18.2. The number of amides is 1. The van der Waals surface area contributed by atoms with Crippen molar-refractivity contribution in [1.29, 1.82) is 0 Å². The summed E-state index contributed by atoms with van der Waals surface area (Å²) in [6.07, 6.45) is 1.02. The maximum absolute atomic E-state index is 13.0. The number of thiazole rings is 1. The lowest BCUT2D eigenvalue weighted by Crippen LogP contribution is -2.32. The van der Waals surface area contributed by atoms with Crippen LogP contribution < -0.4 is 0 Å². The molecule has 7 heteroatoms. The van der Waals surface area contributed by atoms with Gasteiger partial charge < -0.3 is 9.64 Å². The molecule has 1 aromatic heterocycles. The Morgan fingerprint density at radius 1 is 1.24 bits per heavy atom. The maximum atomic E-state index is 13.0. The molecule has 0 bridgehead atoms. The minimum Gasteiger partial charge on any atom is -0.461 e. The summed E-state index contributed by atoms with van der Waals surface area (Å²) in [6, 6.07) is 5.91. The van der Waals surface area contributed by atoms with Gasteiger partial charge in [-0.25, -0.2) is 14.2 Å². The summed E-state index contributed by atoms with van der Waals surface area (Å²) < 4.78 is 17.9. The van der Waals surface area contributed by atoms with Crippen LogP contribution in [0.5, 0.6) is 0 Å². The first kappa shape index (κ1) is 19.1. The van der Waals surface area contributed by atoms with Gasteiger partial charge in [0.25, 0.3) is 0 Å². The Bertz CT molecular complexity index is 715. The number of esters is 1. The fourth-order valence-electron chi connectivity index (χ4n) is 2.30. The lowest BCUT2D eigenvalue weighted by molar-refractivity contribution is -0.131. The average molecular weight is 364 g/mol. The van der Waals surface area contributed by atoms with Gasteiger partial charge in [-0.3, -0.25) is 4.79 Å². The largest absolute Gasteiger partial charge is 0.461 e. The van der Waals surface area contributed by atoms with Crippen molar-refractivity contribution in [3.63, 3.8) is 0 Å². The number of aromatic nitrogens is 1. The summed E-state index contributed by atoms with van der Waals surface area (Å²) in [6.45, 7) is 4.96. The summed E-state index contributed by atoms with van der Waals surface area (Å²) in [7, 11) is 0. The zero-order valence-electron chi connectivity index (χ0n) is 14.3. The smallest absolute Gasteiger partial charge is 0.357 e. The predicted octanol–water partition coefficient (Wildman–Crippen LogP) is 3.44. The summed E-state index contributed by atoms with van der Waals surface area (Å²) >= 11 is 1.33. The molecule has 0 atom stereocenters. The van der Waals surface area contributed by atoms with Gasteiger partial charge in [0.15, 0.2) is 5.69 Å². The molecule has 0 aliphatic rings. The van der Waals surface area contributed by atoms with Gasteiger partial charge >= 0.3 is 5.97 Å². The van der Waals surface area contributed by atoms with E-state index in [1.54, 1.807) is 29.3 Å². The first-order valence-corrected chi connectivity index (χ1v) is 9.05. The van der Waals surface area contributed by atoms with Crippen LogP contribution >= 0.6 is 11.3 Å². The van der Waals surface area contributed by atoms with Gasteiger partial charge in [-0.05, 0) is 31.0 Å². The van der Waals surface area contributed by atoms with Crippen molar-refractivity contribution in [1.82, 2.24) is 9.88 Å². The zero-order valence-corrected chi connectivity index (χ0v) is 15.1. The van der Waals surface area contributed by atoms with E-state index in [1.807, 2.05) is 6.92 Å². The number of benzene rings is 1. The minimum atomic E-state index is -0.454. The summed E-state index contributed by atoms with van der Waals surface area (Å²) in [5.41, 5.74) is 1.03. The molecule has 2 aromatic rings. The van der Waals surface area contributed by atoms with Crippen molar-refractivity contribution in [2.75, 3.05) is 13.2 Å². The lowest BCUT2D eigenvalue weighted by atomic mass is 10.1. The van der Waals surface area contributed by atoms with Crippen molar-refractivity contribution < 1.29 is 18.7 Å². The van der Waals surface area contributed by atoms with E-state index in [9.17, 15) is 14.0 Å². The van der Waals surface area contributed by atoms with Crippen LogP contribution in [-0.2, 0) is 22.5 Å². The second-order valence-corrected chi connectivity index (χ2v) is 6.41. The molecular weight excluding hydrogens is 343 g/mol. The third kappa shape index (κ3) is 5.63. The van der Waals surface area contributed by atoms with Crippen LogP contribution in [-0.4, -0.2) is 34.9 Å². The molecule has 0 saturated heterocycles. The average Bonchev–Trinajstić information content (AvgIpc) is 3.05. The predicted molar refractivity (Wildman–Crippen MR) is 93.9 cm³/mol. The van der Waals surface area contributed by atoms with Crippen molar-refractivity contribution in [2.45, 2.75) is 33.2 Å². The monoisotopic (exact) mass is 364 g/mol. The first-order valence-electron chi connectivity index (χ1n) is 8.17. The van der Waals surface area contributed by atoms with Gasteiger partial charge in [0.05, 0.1) is 19.6 Å². The number of hydrogen-bond acceptors (Lipinski definition) is 5. The number of halogens is 1. The number of ether oxygens (including phenoxy) is 1. The van der Waals surface area contributed by atoms with E-state index in [0.717, 1.165) is 12.0 Å². The van der Waals surface area contributed by atoms with Crippen molar-refractivity contribution in [3.05, 3.63) is 51.7 Å². The molecule has 0 aliphatic carbocycles. The van der Waals surface area contributed by atoms with Crippen LogP contribution in [0, 0.1) is 5.82 Å². The number of carbonyl (C=O) groups excluding carboxylic acids is 2. The Morgan fingerprint density at radius 2 is 1.96 bits per heavy atom. The van der Waals surface area contributed by atoms with Gasteiger partial charge in [-0.2, -0.15) is 0 Å². The molecule has 0 spiro atoms. The fraction of sp³-hybridized carbons (Fsp3) is 0.389. The highest BCUT2D eigenvalue weighted by molar-refractivity contribution is 7.09. The Morgan fingerprint density at radius 3 is 2.60 bits per heavy atom. The molecule has 1 aromatic carbocycles. The van der Waals surface area contributed by atoms with Crippen LogP contribution in [0.25, 0.3) is 0 Å². The molecule has 25 heavy (non-hydrogen) atoms. The molecule has 5 nitrogen and oxygen atoms in total. The number of hydrogen-bond donors (Lipinski definition) is 0. The van der Waals surface area contributed by atoms with Crippen LogP contribution in [0.2, 0.25) is 0 Å². The Hall–Kier alpha value is -2.28. The van der Waals surface area contributed by atoms with E-state index in [1.165, 1.54) is 23.5 Å². The molecule has 1 heterocycles. The highest BCUT2D eigenvalue weighted by Gasteiger charge is 2.17. The third-order valence-electron chi connectivity index (χ3n) is 3.48. The van der Waals surface area contributed by atoms with Crippen LogP contribution in [0.4, 0.5) is 4.39 Å². The van der Waals surface area contributed by atoms with E-state index in [0.29, 0.717) is 24.7 Å². The standard InChI is InChI=1S/C18H21FN2O3S/c1-3-9-21(17(22)10-13-5-7-14(19)8-6-13)11-16-20-15(12-25-16)18(23)24-4-2/h5-8,12H,3-4,9-11H2,1-2H3. The Kier molecular flexibility index (Phi) is 7.06. The van der Waals surface area contributed by atoms with E-state index in [-0.39, 0.29) is 23.8 Å². The highest BCUT2D eigenvalue weighted by Crippen LogP contribution is 2.15. The van der Waals surface area contributed by atoms with Gasteiger partial charge in [-0.15, -0.1) is 11.3 Å². The number of nitrogens with zero attached hydrogens (tertiary/aromatic N) is 2. The second kappa shape index (κ2) is 9.27. The van der Waals surface area contributed by atoms with E-state index in [4.69, 9.17) is 4.74 Å². The van der Waals surface area contributed by atoms with Gasteiger partial charge in [0.2, 0.25) is 5.91 Å². The van der Waals surface area contributed by atoms with Crippen LogP contribution in [0.1, 0.15) is 41.3 Å². The fourth-order valence-corrected chi connectivity index (χ4v) is 3.07. The van der Waals surface area contributed by atoms with E-state index >= 15 is 0 Å². The van der Waals surface area contributed by atoms with Gasteiger partial charge in [0, 0.05) is 11.9 Å². The third-order valence-corrected chi connectivity index (χ3v) is 4.31. The summed E-state index contributed by atoms with van der Waals surface area (Å²) in [4.78, 5) is 30.2. The van der Waals surface area contributed by atoms with Crippen molar-refractivity contribution in [3.8, 4) is 0 Å². The molecule has 134 valence electrons. The molecule has 0 fully saturated rings. The number of rotatable bonds is 8. The molecule has 0 saturated carbocycles. The van der Waals surface area contributed by atoms with Crippen molar-refractivity contribution in [2.24, 2.45) is 0 Å². The van der Waals surface area contributed by atoms with E-state index < -0.39 is 5.97 Å². The Balaban J connectivity index is 2.03. The SMILES string of the molecule is CCCN(Cc1nc(C(=O)OCC)cs1)C(=O)Cc1ccc(F)cc1. The normalized spacial score (nSPS) is 10.5. The molecule has 0 aliphatic heterocycles. The molecule has 0 unspecified atom stereocenters. The first-order chi connectivity index (χ1) is 12.0. The van der Waals surface area contributed by atoms with Crippen LogP contribution in [0.3, 0.4) is 0 Å². The van der Waals surface area contributed by atoms with E-state index in [2.05, 4.69) is 4.98 Å². The van der Waals surface area contributed by atoms with Crippen LogP contribution in [0.15, 0.2) is 29.6 Å². The second-order valence-electron chi connectivity index (χ2n) is 5.47. The lowest BCUT2D eigenvalue weighted by Gasteiger charge is -2.21. The Labute approximate surface area is 150 Å². The maximum Gasteiger partial charge on any atom is 0.357 e. The topological polar surface area (TPSA) is 59.5 Å². The summed E-state index contributed by atoms with van der Waals surface area (Å²) in [5, 5.41) is 2.32.